The summed E-state index contributed by atoms with van der Waals surface area (Å²) in [4.78, 5) is 8.83. The molecule has 2 heterocycles. The van der Waals surface area contributed by atoms with Gasteiger partial charge in [0, 0.05) is 23.5 Å². The van der Waals surface area contributed by atoms with Crippen molar-refractivity contribution in [2.24, 2.45) is 0 Å². The summed E-state index contributed by atoms with van der Waals surface area (Å²) in [6, 6.07) is 13.2. The summed E-state index contributed by atoms with van der Waals surface area (Å²) in [5.74, 6) is 0.645. The predicted octanol–water partition coefficient (Wildman–Crippen LogP) is 3.49. The summed E-state index contributed by atoms with van der Waals surface area (Å²) in [6.45, 7) is 1.71. The highest BCUT2D eigenvalue weighted by Crippen LogP contribution is 2.32. The van der Waals surface area contributed by atoms with Crippen molar-refractivity contribution in [2.45, 2.75) is 13.5 Å². The molecule has 0 aliphatic heterocycles. The van der Waals surface area contributed by atoms with Crippen molar-refractivity contribution < 1.29 is 9.84 Å². The smallest absolute Gasteiger partial charge is 0.119 e. The average molecular weight is 331 g/mol. The SMILES string of the molecule is COc1ccc(-c2nc(-c3cccnc3)cc(C)c2C#N)c(CO)c1. The monoisotopic (exact) mass is 331 g/mol. The Labute approximate surface area is 146 Å². The maximum Gasteiger partial charge on any atom is 0.119 e. The Morgan fingerprint density at radius 1 is 1.24 bits per heavy atom. The van der Waals surface area contributed by atoms with Crippen LogP contribution in [0, 0.1) is 18.3 Å². The number of hydrogen-bond acceptors (Lipinski definition) is 5. The molecule has 0 bridgehead atoms. The van der Waals surface area contributed by atoms with Crippen LogP contribution in [-0.2, 0) is 6.61 Å². The van der Waals surface area contributed by atoms with Crippen LogP contribution >= 0.6 is 0 Å². The number of aryl methyl sites for hydroxylation is 1. The molecule has 0 aliphatic carbocycles. The van der Waals surface area contributed by atoms with E-state index < -0.39 is 0 Å². The van der Waals surface area contributed by atoms with E-state index in [1.54, 1.807) is 31.6 Å². The fourth-order valence-electron chi connectivity index (χ4n) is 2.73. The Balaban J connectivity index is 2.25. The van der Waals surface area contributed by atoms with Gasteiger partial charge in [0.15, 0.2) is 0 Å². The number of benzene rings is 1. The number of nitriles is 1. The zero-order valence-corrected chi connectivity index (χ0v) is 14.0. The van der Waals surface area contributed by atoms with Gasteiger partial charge in [-0.25, -0.2) is 4.98 Å². The molecule has 0 atom stereocenters. The fraction of sp³-hybridized carbons (Fsp3) is 0.150. The number of pyridine rings is 2. The first-order chi connectivity index (χ1) is 12.2. The van der Waals surface area contributed by atoms with Crippen LogP contribution in [0.2, 0.25) is 0 Å². The third-order valence-corrected chi connectivity index (χ3v) is 4.02. The van der Waals surface area contributed by atoms with Crippen molar-refractivity contribution in [1.82, 2.24) is 9.97 Å². The molecule has 3 aromatic rings. The number of aliphatic hydroxyl groups excluding tert-OH is 1. The molecule has 1 aromatic carbocycles. The van der Waals surface area contributed by atoms with Crippen molar-refractivity contribution in [3.8, 4) is 34.3 Å². The highest BCUT2D eigenvalue weighted by atomic mass is 16.5. The lowest BCUT2D eigenvalue weighted by molar-refractivity contribution is 0.281. The zero-order valence-electron chi connectivity index (χ0n) is 14.0. The number of rotatable bonds is 4. The second-order valence-corrected chi connectivity index (χ2v) is 5.58. The molecule has 3 rings (SSSR count). The van der Waals surface area contributed by atoms with E-state index in [4.69, 9.17) is 9.72 Å². The molecule has 0 amide bonds. The second-order valence-electron chi connectivity index (χ2n) is 5.58. The van der Waals surface area contributed by atoms with Crippen molar-refractivity contribution >= 4 is 0 Å². The van der Waals surface area contributed by atoms with Gasteiger partial charge in [-0.1, -0.05) is 0 Å². The number of aliphatic hydroxyl groups is 1. The molecular formula is C20H17N3O2. The van der Waals surface area contributed by atoms with Gasteiger partial charge < -0.3 is 9.84 Å². The molecule has 0 fully saturated rings. The van der Waals surface area contributed by atoms with Crippen LogP contribution < -0.4 is 4.74 Å². The maximum atomic E-state index is 9.74. The molecule has 0 radical (unpaired) electrons. The predicted molar refractivity (Wildman–Crippen MR) is 94.8 cm³/mol. The molecule has 0 saturated carbocycles. The van der Waals surface area contributed by atoms with Crippen molar-refractivity contribution in [1.29, 1.82) is 5.26 Å². The van der Waals surface area contributed by atoms with Gasteiger partial charge in [0.2, 0.25) is 0 Å². The highest BCUT2D eigenvalue weighted by molar-refractivity contribution is 5.75. The molecule has 5 heteroatoms. The normalized spacial score (nSPS) is 10.3. The summed E-state index contributed by atoms with van der Waals surface area (Å²) < 4.78 is 5.22. The number of aromatic nitrogens is 2. The van der Waals surface area contributed by atoms with Crippen molar-refractivity contribution in [3.05, 3.63) is 65.5 Å². The Morgan fingerprint density at radius 2 is 2.08 bits per heavy atom. The van der Waals surface area contributed by atoms with Gasteiger partial charge in [-0.05, 0) is 54.4 Å². The fourth-order valence-corrected chi connectivity index (χ4v) is 2.73. The van der Waals surface area contributed by atoms with Crippen molar-refractivity contribution in [2.75, 3.05) is 7.11 Å². The first kappa shape index (κ1) is 16.6. The van der Waals surface area contributed by atoms with Crippen molar-refractivity contribution in [3.63, 3.8) is 0 Å². The summed E-state index contributed by atoms with van der Waals surface area (Å²) >= 11 is 0. The van der Waals surface area contributed by atoms with E-state index in [1.165, 1.54) is 0 Å². The van der Waals surface area contributed by atoms with Crippen LogP contribution in [0.1, 0.15) is 16.7 Å². The minimum Gasteiger partial charge on any atom is -0.497 e. The molecule has 1 N–H and O–H groups in total. The molecule has 0 unspecified atom stereocenters. The van der Waals surface area contributed by atoms with Crippen LogP contribution in [0.15, 0.2) is 48.8 Å². The summed E-state index contributed by atoms with van der Waals surface area (Å²) in [5, 5.41) is 19.3. The lowest BCUT2D eigenvalue weighted by Crippen LogP contribution is -2.00. The lowest BCUT2D eigenvalue weighted by Gasteiger charge is -2.13. The van der Waals surface area contributed by atoms with Crippen LogP contribution in [-0.4, -0.2) is 22.2 Å². The van der Waals surface area contributed by atoms with Crippen LogP contribution in [0.3, 0.4) is 0 Å². The molecule has 124 valence electrons. The number of nitrogens with zero attached hydrogens (tertiary/aromatic N) is 3. The van der Waals surface area contributed by atoms with Gasteiger partial charge in [-0.2, -0.15) is 5.26 Å². The number of ether oxygens (including phenoxy) is 1. The second kappa shape index (κ2) is 7.12. The molecule has 0 saturated heterocycles. The molecular weight excluding hydrogens is 314 g/mol. The van der Waals surface area contributed by atoms with E-state index in [9.17, 15) is 10.4 Å². The zero-order chi connectivity index (χ0) is 17.8. The molecule has 0 aliphatic rings. The lowest BCUT2D eigenvalue weighted by atomic mass is 9.96. The molecule has 5 nitrogen and oxygen atoms in total. The average Bonchev–Trinajstić information content (AvgIpc) is 2.67. The third kappa shape index (κ3) is 3.21. The quantitative estimate of drug-likeness (QED) is 0.791. The first-order valence-electron chi connectivity index (χ1n) is 7.78. The van der Waals surface area contributed by atoms with E-state index in [0.717, 1.165) is 16.8 Å². The molecule has 25 heavy (non-hydrogen) atoms. The first-order valence-corrected chi connectivity index (χ1v) is 7.78. The molecule has 0 spiro atoms. The Hall–Kier alpha value is -3.23. The topological polar surface area (TPSA) is 79.0 Å². The minimum absolute atomic E-state index is 0.171. The summed E-state index contributed by atoms with van der Waals surface area (Å²) in [7, 11) is 1.57. The molecule has 2 aromatic heterocycles. The third-order valence-electron chi connectivity index (χ3n) is 4.02. The van der Waals surface area contributed by atoms with Gasteiger partial charge in [-0.3, -0.25) is 4.98 Å². The van der Waals surface area contributed by atoms with Gasteiger partial charge in [0.1, 0.15) is 11.8 Å². The Kier molecular flexibility index (Phi) is 4.73. The van der Waals surface area contributed by atoms with Crippen LogP contribution in [0.25, 0.3) is 22.5 Å². The van der Waals surface area contributed by atoms with Crippen LogP contribution in [0.4, 0.5) is 0 Å². The van der Waals surface area contributed by atoms with E-state index in [-0.39, 0.29) is 6.61 Å². The largest absolute Gasteiger partial charge is 0.497 e. The van der Waals surface area contributed by atoms with Crippen LogP contribution in [0.5, 0.6) is 5.75 Å². The van der Waals surface area contributed by atoms with Gasteiger partial charge >= 0.3 is 0 Å². The number of methoxy groups -OCH3 is 1. The highest BCUT2D eigenvalue weighted by Gasteiger charge is 2.16. The van der Waals surface area contributed by atoms with Gasteiger partial charge in [0.05, 0.1) is 30.7 Å². The summed E-state index contributed by atoms with van der Waals surface area (Å²) in [6.07, 6.45) is 3.44. The van der Waals surface area contributed by atoms with Gasteiger partial charge in [-0.15, -0.1) is 0 Å². The standard InChI is InChI=1S/C20H17N3O2/c1-13-8-19(14-4-3-7-22-11-14)23-20(18(13)10-21)17-6-5-16(25-2)9-15(17)12-24/h3-9,11,24H,12H2,1-2H3. The minimum atomic E-state index is -0.171. The van der Waals surface area contributed by atoms with E-state index in [2.05, 4.69) is 11.1 Å². The Bertz CT molecular complexity index is 947. The number of hydrogen-bond donors (Lipinski definition) is 1. The summed E-state index contributed by atoms with van der Waals surface area (Å²) in [5.41, 5.74) is 4.85. The Morgan fingerprint density at radius 3 is 2.72 bits per heavy atom. The van der Waals surface area contributed by atoms with E-state index in [0.29, 0.717) is 28.1 Å². The van der Waals surface area contributed by atoms with Gasteiger partial charge in [0.25, 0.3) is 0 Å². The maximum absolute atomic E-state index is 9.74. The van der Waals surface area contributed by atoms with E-state index in [1.807, 2.05) is 31.2 Å². The van der Waals surface area contributed by atoms with E-state index >= 15 is 0 Å².